The van der Waals surface area contributed by atoms with Crippen molar-refractivity contribution >= 4 is 33.4 Å². The number of carbonyl (C=O) groups excluding carboxylic acids is 2. The lowest BCUT2D eigenvalue weighted by molar-refractivity contribution is 0.0698. The van der Waals surface area contributed by atoms with Gasteiger partial charge in [-0.25, -0.2) is 13.1 Å². The minimum absolute atomic E-state index is 0.000963. The van der Waals surface area contributed by atoms with Gasteiger partial charge in [0.25, 0.3) is 11.8 Å². The van der Waals surface area contributed by atoms with Crippen molar-refractivity contribution in [1.82, 2.24) is 14.9 Å². The van der Waals surface area contributed by atoms with Crippen molar-refractivity contribution in [3.8, 4) is 0 Å². The molecule has 2 amide bonds. The molecule has 0 aromatic heterocycles. The molecule has 7 nitrogen and oxygen atoms in total. The lowest BCUT2D eigenvalue weighted by atomic mass is 10.0. The van der Waals surface area contributed by atoms with Gasteiger partial charge in [-0.3, -0.25) is 9.59 Å². The highest BCUT2D eigenvalue weighted by atomic mass is 35.5. The first-order valence-corrected chi connectivity index (χ1v) is 12.0. The normalized spacial score (nSPS) is 15.2. The summed E-state index contributed by atoms with van der Waals surface area (Å²) in [5, 5.41) is 3.20. The van der Waals surface area contributed by atoms with Gasteiger partial charge >= 0.3 is 0 Å². The minimum Gasteiger partial charge on any atom is -0.349 e. The first-order chi connectivity index (χ1) is 14.7. The Labute approximate surface area is 187 Å². The van der Waals surface area contributed by atoms with E-state index < -0.39 is 10.0 Å². The summed E-state index contributed by atoms with van der Waals surface area (Å²) in [7, 11) is -3.74. The standard InChI is InChI=1S/C22H26ClN3O4S/c1-15(2)25-31(29,30)18-8-9-20(23)19(14-18)22(28)26-12-10-17(11-13-26)24-21(27)16-6-4-3-5-7-16/h3-9,14-15,17,25H,10-13H2,1-2H3,(H,24,27). The highest BCUT2D eigenvalue weighted by Gasteiger charge is 2.27. The fourth-order valence-corrected chi connectivity index (χ4v) is 4.94. The van der Waals surface area contributed by atoms with Gasteiger partial charge in [0.15, 0.2) is 0 Å². The molecule has 1 aliphatic rings. The molecular weight excluding hydrogens is 438 g/mol. The Hall–Kier alpha value is -2.42. The van der Waals surface area contributed by atoms with Crippen LogP contribution in [0, 0.1) is 0 Å². The van der Waals surface area contributed by atoms with E-state index in [1.807, 2.05) is 18.2 Å². The highest BCUT2D eigenvalue weighted by Crippen LogP contribution is 2.24. The van der Waals surface area contributed by atoms with Crippen LogP contribution in [0.15, 0.2) is 53.4 Å². The number of nitrogens with zero attached hydrogens (tertiary/aromatic N) is 1. The fourth-order valence-electron chi connectivity index (χ4n) is 3.47. The third-order valence-corrected chi connectivity index (χ3v) is 7.01. The zero-order valence-electron chi connectivity index (χ0n) is 17.5. The molecule has 3 rings (SSSR count). The molecule has 0 spiro atoms. The molecule has 0 radical (unpaired) electrons. The van der Waals surface area contributed by atoms with E-state index in [0.717, 1.165) is 0 Å². The van der Waals surface area contributed by atoms with Crippen LogP contribution in [0.4, 0.5) is 0 Å². The Morgan fingerprint density at radius 1 is 1.06 bits per heavy atom. The largest absolute Gasteiger partial charge is 0.349 e. The molecule has 2 aromatic rings. The molecule has 1 aliphatic heterocycles. The van der Waals surface area contributed by atoms with E-state index in [1.54, 1.807) is 30.9 Å². The van der Waals surface area contributed by atoms with Gasteiger partial charge in [0.05, 0.1) is 15.5 Å². The molecule has 0 bridgehead atoms. The van der Waals surface area contributed by atoms with Crippen LogP contribution in [0.2, 0.25) is 5.02 Å². The van der Waals surface area contributed by atoms with E-state index in [0.29, 0.717) is 31.5 Å². The molecule has 0 saturated carbocycles. The summed E-state index contributed by atoms with van der Waals surface area (Å²) in [5.74, 6) is -0.455. The van der Waals surface area contributed by atoms with Crippen molar-refractivity contribution in [2.24, 2.45) is 0 Å². The summed E-state index contributed by atoms with van der Waals surface area (Å²) < 4.78 is 27.4. The molecule has 0 unspecified atom stereocenters. The first kappa shape index (κ1) is 23.2. The maximum absolute atomic E-state index is 13.0. The number of piperidine rings is 1. The number of likely N-dealkylation sites (tertiary alicyclic amines) is 1. The first-order valence-electron chi connectivity index (χ1n) is 10.1. The van der Waals surface area contributed by atoms with Crippen molar-refractivity contribution in [3.05, 3.63) is 64.7 Å². The van der Waals surface area contributed by atoms with Crippen molar-refractivity contribution in [1.29, 1.82) is 0 Å². The Balaban J connectivity index is 1.65. The van der Waals surface area contributed by atoms with Gasteiger partial charge in [-0.1, -0.05) is 29.8 Å². The molecule has 166 valence electrons. The van der Waals surface area contributed by atoms with Gasteiger partial charge in [-0.15, -0.1) is 0 Å². The van der Waals surface area contributed by atoms with Gasteiger partial charge in [0, 0.05) is 30.7 Å². The highest BCUT2D eigenvalue weighted by molar-refractivity contribution is 7.89. The van der Waals surface area contributed by atoms with Gasteiger partial charge < -0.3 is 10.2 Å². The Kier molecular flexibility index (Phi) is 7.35. The van der Waals surface area contributed by atoms with Crippen LogP contribution >= 0.6 is 11.6 Å². The van der Waals surface area contributed by atoms with Gasteiger partial charge in [-0.2, -0.15) is 0 Å². The average molecular weight is 464 g/mol. The summed E-state index contributed by atoms with van der Waals surface area (Å²) in [4.78, 5) is 27.0. The third-order valence-electron chi connectivity index (χ3n) is 5.02. The van der Waals surface area contributed by atoms with Crippen LogP contribution in [-0.2, 0) is 10.0 Å². The molecule has 9 heteroatoms. The van der Waals surface area contributed by atoms with Crippen LogP contribution in [0.3, 0.4) is 0 Å². The van der Waals surface area contributed by atoms with Gasteiger partial charge in [0.2, 0.25) is 10.0 Å². The molecule has 31 heavy (non-hydrogen) atoms. The fraction of sp³-hybridized carbons (Fsp3) is 0.364. The molecule has 1 heterocycles. The van der Waals surface area contributed by atoms with Gasteiger partial charge in [0.1, 0.15) is 0 Å². The van der Waals surface area contributed by atoms with E-state index in [9.17, 15) is 18.0 Å². The average Bonchev–Trinajstić information content (AvgIpc) is 2.73. The van der Waals surface area contributed by atoms with E-state index >= 15 is 0 Å². The summed E-state index contributed by atoms with van der Waals surface area (Å²) in [5.41, 5.74) is 0.751. The maximum Gasteiger partial charge on any atom is 0.255 e. The lowest BCUT2D eigenvalue weighted by Gasteiger charge is -2.32. The lowest BCUT2D eigenvalue weighted by Crippen LogP contribution is -2.46. The quantitative estimate of drug-likeness (QED) is 0.688. The van der Waals surface area contributed by atoms with Crippen molar-refractivity contribution in [3.63, 3.8) is 0 Å². The molecule has 0 aliphatic carbocycles. The number of hydrogen-bond donors (Lipinski definition) is 2. The predicted molar refractivity (Wildman–Crippen MR) is 120 cm³/mol. The second-order valence-electron chi connectivity index (χ2n) is 7.82. The van der Waals surface area contributed by atoms with E-state index in [2.05, 4.69) is 10.0 Å². The second-order valence-corrected chi connectivity index (χ2v) is 9.94. The zero-order chi connectivity index (χ0) is 22.6. The summed E-state index contributed by atoms with van der Waals surface area (Å²) >= 11 is 6.21. The van der Waals surface area contributed by atoms with E-state index in [-0.39, 0.29) is 39.4 Å². The zero-order valence-corrected chi connectivity index (χ0v) is 19.0. The van der Waals surface area contributed by atoms with Crippen LogP contribution in [-0.4, -0.2) is 50.3 Å². The topological polar surface area (TPSA) is 95.6 Å². The molecule has 2 aromatic carbocycles. The van der Waals surface area contributed by atoms with Crippen molar-refractivity contribution < 1.29 is 18.0 Å². The number of rotatable bonds is 6. The number of nitrogens with one attached hydrogen (secondary N) is 2. The molecule has 1 saturated heterocycles. The number of halogens is 1. The number of amides is 2. The van der Waals surface area contributed by atoms with Crippen LogP contribution in [0.5, 0.6) is 0 Å². The molecular formula is C22H26ClN3O4S. The Morgan fingerprint density at radius 3 is 2.32 bits per heavy atom. The Bertz CT molecular complexity index is 1050. The van der Waals surface area contributed by atoms with Crippen LogP contribution in [0.1, 0.15) is 47.4 Å². The van der Waals surface area contributed by atoms with Crippen LogP contribution in [0.25, 0.3) is 0 Å². The number of carbonyl (C=O) groups is 2. The second kappa shape index (κ2) is 9.80. The van der Waals surface area contributed by atoms with E-state index in [1.165, 1.54) is 18.2 Å². The molecule has 0 atom stereocenters. The number of hydrogen-bond acceptors (Lipinski definition) is 4. The van der Waals surface area contributed by atoms with Crippen molar-refractivity contribution in [2.75, 3.05) is 13.1 Å². The molecule has 2 N–H and O–H groups in total. The summed E-state index contributed by atoms with van der Waals surface area (Å²) in [6, 6.07) is 12.8. The third kappa shape index (κ3) is 5.84. The Morgan fingerprint density at radius 2 is 1.71 bits per heavy atom. The van der Waals surface area contributed by atoms with Crippen LogP contribution < -0.4 is 10.0 Å². The smallest absolute Gasteiger partial charge is 0.255 e. The minimum atomic E-state index is -3.74. The number of sulfonamides is 1. The SMILES string of the molecule is CC(C)NS(=O)(=O)c1ccc(Cl)c(C(=O)N2CCC(NC(=O)c3ccccc3)CC2)c1. The van der Waals surface area contributed by atoms with Crippen molar-refractivity contribution in [2.45, 2.75) is 43.7 Å². The maximum atomic E-state index is 13.0. The monoisotopic (exact) mass is 463 g/mol. The van der Waals surface area contributed by atoms with E-state index in [4.69, 9.17) is 11.6 Å². The number of benzene rings is 2. The van der Waals surface area contributed by atoms with Gasteiger partial charge in [-0.05, 0) is 57.0 Å². The molecule has 1 fully saturated rings. The predicted octanol–water partition coefficient (Wildman–Crippen LogP) is 3.06. The summed E-state index contributed by atoms with van der Waals surface area (Å²) in [6.07, 6.45) is 1.21. The summed E-state index contributed by atoms with van der Waals surface area (Å²) in [6.45, 7) is 4.33.